The van der Waals surface area contributed by atoms with Crippen molar-refractivity contribution in [3.8, 4) is 0 Å². The SMILES string of the molecule is CC(C)c1cccc(NC2Cc3ccc(Cl)cc3C2)c1. The van der Waals surface area contributed by atoms with Gasteiger partial charge in [0.25, 0.3) is 0 Å². The highest BCUT2D eigenvalue weighted by Gasteiger charge is 2.21. The van der Waals surface area contributed by atoms with Gasteiger partial charge in [-0.3, -0.25) is 0 Å². The predicted octanol–water partition coefficient (Wildman–Crippen LogP) is 5.04. The lowest BCUT2D eigenvalue weighted by atomic mass is 10.0. The number of hydrogen-bond donors (Lipinski definition) is 1. The van der Waals surface area contributed by atoms with E-state index >= 15 is 0 Å². The highest BCUT2D eigenvalue weighted by Crippen LogP contribution is 2.28. The van der Waals surface area contributed by atoms with E-state index in [1.165, 1.54) is 22.4 Å². The molecule has 0 aromatic heterocycles. The molecule has 104 valence electrons. The van der Waals surface area contributed by atoms with Crippen LogP contribution in [-0.2, 0) is 12.8 Å². The van der Waals surface area contributed by atoms with Crippen molar-refractivity contribution in [2.24, 2.45) is 0 Å². The number of fused-ring (bicyclic) bond motifs is 1. The monoisotopic (exact) mass is 285 g/mol. The van der Waals surface area contributed by atoms with E-state index < -0.39 is 0 Å². The Balaban J connectivity index is 1.73. The molecule has 0 amide bonds. The van der Waals surface area contributed by atoms with Gasteiger partial charge in [-0.2, -0.15) is 0 Å². The third kappa shape index (κ3) is 2.83. The maximum Gasteiger partial charge on any atom is 0.0408 e. The standard InChI is InChI=1S/C18H20ClN/c1-12(2)13-4-3-5-17(9-13)20-18-10-14-6-7-16(19)8-15(14)11-18/h3-9,12,18,20H,10-11H2,1-2H3. The van der Waals surface area contributed by atoms with Gasteiger partial charge in [0, 0.05) is 16.8 Å². The van der Waals surface area contributed by atoms with Gasteiger partial charge in [-0.05, 0) is 59.7 Å². The minimum Gasteiger partial charge on any atom is -0.382 e. The second-order valence-electron chi connectivity index (χ2n) is 5.94. The Kier molecular flexibility index (Phi) is 3.71. The predicted molar refractivity (Wildman–Crippen MR) is 86.8 cm³/mol. The Morgan fingerprint density at radius 3 is 2.65 bits per heavy atom. The van der Waals surface area contributed by atoms with E-state index in [4.69, 9.17) is 11.6 Å². The Labute approximate surface area is 126 Å². The van der Waals surface area contributed by atoms with Crippen molar-refractivity contribution in [2.45, 2.75) is 38.6 Å². The molecule has 1 N–H and O–H groups in total. The molecule has 2 heteroatoms. The zero-order chi connectivity index (χ0) is 14.1. The van der Waals surface area contributed by atoms with Gasteiger partial charge < -0.3 is 5.32 Å². The molecular formula is C18H20ClN. The van der Waals surface area contributed by atoms with Gasteiger partial charge in [0.1, 0.15) is 0 Å². The first kappa shape index (κ1) is 13.5. The fraction of sp³-hybridized carbons (Fsp3) is 0.333. The molecule has 2 aromatic rings. The number of rotatable bonds is 3. The highest BCUT2D eigenvalue weighted by molar-refractivity contribution is 6.30. The molecule has 0 fully saturated rings. The van der Waals surface area contributed by atoms with Gasteiger partial charge in [0.15, 0.2) is 0 Å². The minimum absolute atomic E-state index is 0.478. The summed E-state index contributed by atoms with van der Waals surface area (Å²) in [5, 5.41) is 4.50. The molecule has 0 bridgehead atoms. The molecule has 0 aliphatic heterocycles. The van der Waals surface area contributed by atoms with E-state index in [0.717, 1.165) is 17.9 Å². The maximum atomic E-state index is 6.07. The second kappa shape index (κ2) is 5.49. The summed E-state index contributed by atoms with van der Waals surface area (Å²) in [6.07, 6.45) is 2.14. The summed E-state index contributed by atoms with van der Waals surface area (Å²) in [4.78, 5) is 0. The Bertz CT molecular complexity index is 619. The van der Waals surface area contributed by atoms with Crippen molar-refractivity contribution in [3.05, 3.63) is 64.2 Å². The molecule has 0 heterocycles. The molecule has 1 unspecified atom stereocenters. The topological polar surface area (TPSA) is 12.0 Å². The molecule has 0 radical (unpaired) electrons. The van der Waals surface area contributed by atoms with Crippen LogP contribution in [0.1, 0.15) is 36.5 Å². The summed E-state index contributed by atoms with van der Waals surface area (Å²) in [5.41, 5.74) is 5.41. The van der Waals surface area contributed by atoms with Crippen molar-refractivity contribution >= 4 is 17.3 Å². The fourth-order valence-corrected chi connectivity index (χ4v) is 3.11. The van der Waals surface area contributed by atoms with Crippen LogP contribution in [0, 0.1) is 0 Å². The molecule has 3 rings (SSSR count). The van der Waals surface area contributed by atoms with E-state index in [-0.39, 0.29) is 0 Å². The molecule has 0 saturated carbocycles. The summed E-state index contributed by atoms with van der Waals surface area (Å²) in [6, 6.07) is 15.5. The molecule has 1 aliphatic carbocycles. The van der Waals surface area contributed by atoms with E-state index in [1.807, 2.05) is 6.07 Å². The van der Waals surface area contributed by atoms with Crippen molar-refractivity contribution in [1.29, 1.82) is 0 Å². The van der Waals surface area contributed by atoms with E-state index in [9.17, 15) is 0 Å². The fourth-order valence-electron chi connectivity index (χ4n) is 2.91. The molecule has 1 aliphatic rings. The van der Waals surface area contributed by atoms with Crippen molar-refractivity contribution in [3.63, 3.8) is 0 Å². The zero-order valence-electron chi connectivity index (χ0n) is 12.0. The van der Waals surface area contributed by atoms with Gasteiger partial charge in [0.2, 0.25) is 0 Å². The van der Waals surface area contributed by atoms with Gasteiger partial charge >= 0.3 is 0 Å². The Hall–Kier alpha value is -1.47. The number of hydrogen-bond acceptors (Lipinski definition) is 1. The van der Waals surface area contributed by atoms with Crippen LogP contribution in [0.3, 0.4) is 0 Å². The van der Waals surface area contributed by atoms with Crippen molar-refractivity contribution in [1.82, 2.24) is 0 Å². The summed E-state index contributed by atoms with van der Waals surface area (Å²) in [7, 11) is 0. The van der Waals surface area contributed by atoms with Crippen LogP contribution in [0.5, 0.6) is 0 Å². The van der Waals surface area contributed by atoms with E-state index in [1.54, 1.807) is 0 Å². The second-order valence-corrected chi connectivity index (χ2v) is 6.38. The lowest BCUT2D eigenvalue weighted by molar-refractivity contribution is 0.773. The van der Waals surface area contributed by atoms with Gasteiger partial charge in [0.05, 0.1) is 0 Å². The summed E-state index contributed by atoms with van der Waals surface area (Å²) < 4.78 is 0. The first-order valence-electron chi connectivity index (χ1n) is 7.25. The average Bonchev–Trinajstić information content (AvgIpc) is 2.80. The number of halogens is 1. The largest absolute Gasteiger partial charge is 0.382 e. The first-order chi connectivity index (χ1) is 9.61. The van der Waals surface area contributed by atoms with E-state index in [2.05, 4.69) is 55.6 Å². The van der Waals surface area contributed by atoms with Gasteiger partial charge in [-0.25, -0.2) is 0 Å². The quantitative estimate of drug-likeness (QED) is 0.833. The van der Waals surface area contributed by atoms with Crippen LogP contribution >= 0.6 is 11.6 Å². The van der Waals surface area contributed by atoms with Crippen molar-refractivity contribution in [2.75, 3.05) is 5.32 Å². The zero-order valence-corrected chi connectivity index (χ0v) is 12.7. The van der Waals surface area contributed by atoms with Crippen LogP contribution < -0.4 is 5.32 Å². The molecule has 0 spiro atoms. The van der Waals surface area contributed by atoms with Gasteiger partial charge in [-0.15, -0.1) is 0 Å². The molecule has 2 aromatic carbocycles. The first-order valence-corrected chi connectivity index (χ1v) is 7.63. The minimum atomic E-state index is 0.478. The summed E-state index contributed by atoms with van der Waals surface area (Å²) in [6.45, 7) is 4.46. The third-order valence-electron chi connectivity index (χ3n) is 4.03. The third-order valence-corrected chi connectivity index (χ3v) is 4.26. The van der Waals surface area contributed by atoms with E-state index in [0.29, 0.717) is 12.0 Å². The lowest BCUT2D eigenvalue weighted by Gasteiger charge is -2.15. The lowest BCUT2D eigenvalue weighted by Crippen LogP contribution is -2.19. The van der Waals surface area contributed by atoms with Crippen LogP contribution in [-0.4, -0.2) is 6.04 Å². The van der Waals surface area contributed by atoms with Crippen LogP contribution in [0.2, 0.25) is 5.02 Å². The van der Waals surface area contributed by atoms with Crippen LogP contribution in [0.15, 0.2) is 42.5 Å². The highest BCUT2D eigenvalue weighted by atomic mass is 35.5. The molecule has 1 atom stereocenters. The number of anilines is 1. The molecule has 20 heavy (non-hydrogen) atoms. The molecule has 1 nitrogen and oxygen atoms in total. The smallest absolute Gasteiger partial charge is 0.0408 e. The van der Waals surface area contributed by atoms with Crippen LogP contribution in [0.25, 0.3) is 0 Å². The number of benzene rings is 2. The Morgan fingerprint density at radius 2 is 1.85 bits per heavy atom. The molecule has 0 saturated heterocycles. The average molecular weight is 286 g/mol. The van der Waals surface area contributed by atoms with Crippen LogP contribution in [0.4, 0.5) is 5.69 Å². The van der Waals surface area contributed by atoms with Crippen molar-refractivity contribution < 1.29 is 0 Å². The van der Waals surface area contributed by atoms with Gasteiger partial charge in [-0.1, -0.05) is 43.6 Å². The number of nitrogens with one attached hydrogen (secondary N) is 1. The molecular weight excluding hydrogens is 266 g/mol. The Morgan fingerprint density at radius 1 is 1.05 bits per heavy atom. The summed E-state index contributed by atoms with van der Waals surface area (Å²) in [5.74, 6) is 0.566. The summed E-state index contributed by atoms with van der Waals surface area (Å²) >= 11 is 6.07. The normalized spacial score (nSPS) is 17.3. The maximum absolute atomic E-state index is 6.07.